The van der Waals surface area contributed by atoms with Crippen LogP contribution in [0.2, 0.25) is 0 Å². The van der Waals surface area contributed by atoms with Crippen LogP contribution in [-0.2, 0) is 31.6 Å². The summed E-state index contributed by atoms with van der Waals surface area (Å²) in [4.78, 5) is 60.4. The highest BCUT2D eigenvalue weighted by molar-refractivity contribution is 7.71. The molecule has 6 atom stereocenters. The van der Waals surface area contributed by atoms with Crippen LogP contribution in [0.25, 0.3) is 0 Å². The van der Waals surface area contributed by atoms with Crippen molar-refractivity contribution in [3.8, 4) is 0 Å². The number of aldehydes is 1. The molecular weight excluding hydrogens is 532 g/mol. The van der Waals surface area contributed by atoms with Crippen LogP contribution in [0.1, 0.15) is 17.9 Å². The molecular formula is C10H14FN2O15P3S. The van der Waals surface area contributed by atoms with E-state index in [0.29, 0.717) is 6.20 Å². The first-order chi connectivity index (χ1) is 14.8. The number of nitrogens with zero attached hydrogens (tertiary/aromatic N) is 1. The number of hydrogen-bond acceptors (Lipinski definition) is 12. The van der Waals surface area contributed by atoms with E-state index in [-0.39, 0.29) is 15.5 Å². The fraction of sp³-hybridized carbons (Fsp3) is 0.500. The summed E-state index contributed by atoms with van der Waals surface area (Å²) in [5.74, 6) is -3.76. The first-order valence-electron chi connectivity index (χ1n) is 8.10. The van der Waals surface area contributed by atoms with Crippen LogP contribution in [0, 0.1) is 4.64 Å². The lowest BCUT2D eigenvalue weighted by molar-refractivity contribution is -0.204. The summed E-state index contributed by atoms with van der Waals surface area (Å²) in [6.07, 6.45) is -7.85. The van der Waals surface area contributed by atoms with Gasteiger partial charge >= 0.3 is 29.2 Å². The highest BCUT2D eigenvalue weighted by Gasteiger charge is 2.57. The van der Waals surface area contributed by atoms with Crippen molar-refractivity contribution in [3.63, 3.8) is 0 Å². The number of phosphoric acid groups is 3. The number of aliphatic hydroxyl groups is 2. The number of nitrogens with one attached hydrogen (secondary N) is 1. The third-order valence-electron chi connectivity index (χ3n) is 3.44. The summed E-state index contributed by atoms with van der Waals surface area (Å²) < 4.78 is 71.9. The van der Waals surface area contributed by atoms with Gasteiger partial charge in [-0.2, -0.15) is 8.62 Å². The molecule has 1 fully saturated rings. The van der Waals surface area contributed by atoms with E-state index >= 15 is 4.39 Å². The van der Waals surface area contributed by atoms with E-state index in [9.17, 15) is 38.4 Å². The number of alkyl halides is 1. The molecule has 1 saturated heterocycles. The fourth-order valence-corrected chi connectivity index (χ4v) is 5.40. The standard InChI is InChI=1S/C10H14FN2O15P3S/c11-10(3-25-30(21,22)28-31(23,24)27-29(18,19)20)6(16)5(15)8(26-10)13-1-4(2-14)7(32)12-9(13)17/h1-2,5-6,8,15-16H,3H2,(H,21,22)(H,23,24)(H,12,17,32)(H2,18,19,20)/t5-,6+,8-,10-/m1/s1/i8D. The number of carbonyl (C=O) groups is 1. The Bertz CT molecular complexity index is 1200. The second-order valence-electron chi connectivity index (χ2n) is 5.81. The number of rotatable bonds is 9. The van der Waals surface area contributed by atoms with Gasteiger partial charge in [0.15, 0.2) is 12.5 Å². The average molecular weight is 547 g/mol. The molecule has 32 heavy (non-hydrogen) atoms. The first kappa shape index (κ1) is 25.6. The minimum Gasteiger partial charge on any atom is -0.385 e. The van der Waals surface area contributed by atoms with E-state index in [4.69, 9.17) is 16.1 Å². The third-order valence-corrected chi connectivity index (χ3v) is 7.56. The minimum absolute atomic E-state index is 0.132. The summed E-state index contributed by atoms with van der Waals surface area (Å²) >= 11 is 4.68. The van der Waals surface area contributed by atoms with Gasteiger partial charge in [-0.15, -0.1) is 0 Å². The van der Waals surface area contributed by atoms with Crippen LogP contribution >= 0.6 is 35.7 Å². The summed E-state index contributed by atoms with van der Waals surface area (Å²) in [5, 5.41) is 20.1. The Morgan fingerprint density at radius 2 is 1.88 bits per heavy atom. The monoisotopic (exact) mass is 547 g/mol. The number of halogens is 1. The lowest BCUT2D eigenvalue weighted by Crippen LogP contribution is -2.43. The van der Waals surface area contributed by atoms with Crippen molar-refractivity contribution in [2.45, 2.75) is 24.3 Å². The molecule has 1 aromatic rings. The molecule has 22 heteroatoms. The number of phosphoric ester groups is 1. The molecule has 1 aliphatic rings. The predicted octanol–water partition coefficient (Wildman–Crippen LogP) is -1.02. The van der Waals surface area contributed by atoms with Gasteiger partial charge < -0.3 is 34.5 Å². The minimum atomic E-state index is -5.95. The van der Waals surface area contributed by atoms with Crippen molar-refractivity contribution in [3.05, 3.63) is 26.9 Å². The molecule has 17 nitrogen and oxygen atoms in total. The molecule has 0 aromatic carbocycles. The quantitative estimate of drug-likeness (QED) is 0.111. The van der Waals surface area contributed by atoms with Crippen LogP contribution < -0.4 is 5.69 Å². The van der Waals surface area contributed by atoms with Gasteiger partial charge in [0.05, 0.1) is 6.93 Å². The zero-order chi connectivity index (χ0) is 25.6. The van der Waals surface area contributed by atoms with Crippen molar-refractivity contribution >= 4 is 42.0 Å². The van der Waals surface area contributed by atoms with Gasteiger partial charge in [-0.3, -0.25) is 18.9 Å². The lowest BCUT2D eigenvalue weighted by Gasteiger charge is -2.24. The second kappa shape index (κ2) is 9.32. The Balaban J connectivity index is 2.29. The van der Waals surface area contributed by atoms with Gasteiger partial charge in [0.25, 0.3) is 5.85 Å². The molecule has 1 aromatic heterocycles. The molecule has 182 valence electrons. The normalized spacial score (nSPS) is 32.7. The average Bonchev–Trinajstić information content (AvgIpc) is 2.79. The van der Waals surface area contributed by atoms with Gasteiger partial charge in [-0.1, -0.05) is 12.2 Å². The maximum atomic E-state index is 15.1. The SMILES string of the molecule is [2H][C@@]1(n2cc(C=O)c(=S)[nH]c2=O)O[C@](F)(COP(=O)(O)OP(=O)(O)OP(=O)(O)O)[C@@H](O)[C@H]1O. The zero-order valence-corrected chi connectivity index (χ0v) is 18.4. The van der Waals surface area contributed by atoms with E-state index in [1.807, 2.05) is 4.98 Å². The Morgan fingerprint density at radius 3 is 2.41 bits per heavy atom. The van der Waals surface area contributed by atoms with E-state index in [1.165, 1.54) is 0 Å². The van der Waals surface area contributed by atoms with Crippen molar-refractivity contribution in [2.75, 3.05) is 6.61 Å². The van der Waals surface area contributed by atoms with E-state index in [2.05, 4.69) is 30.1 Å². The van der Waals surface area contributed by atoms with E-state index < -0.39 is 65.6 Å². The number of ether oxygens (including phenoxy) is 1. The molecule has 0 spiro atoms. The highest BCUT2D eigenvalue weighted by Crippen LogP contribution is 2.66. The van der Waals surface area contributed by atoms with Gasteiger partial charge in [-0.05, 0) is 0 Å². The molecule has 0 bridgehead atoms. The molecule has 0 saturated carbocycles. The van der Waals surface area contributed by atoms with Crippen LogP contribution in [0.4, 0.5) is 4.39 Å². The molecule has 0 radical (unpaired) electrons. The number of H-pyrrole nitrogens is 1. The second-order valence-corrected chi connectivity index (χ2v) is 10.6. The Kier molecular flexibility index (Phi) is 7.46. The summed E-state index contributed by atoms with van der Waals surface area (Å²) in [5.41, 5.74) is -1.71. The topological polar surface area (TPSA) is 264 Å². The highest BCUT2D eigenvalue weighted by atomic mass is 32.1. The van der Waals surface area contributed by atoms with E-state index in [0.717, 1.165) is 0 Å². The molecule has 0 aliphatic carbocycles. The van der Waals surface area contributed by atoms with Crippen molar-refractivity contribution in [1.82, 2.24) is 9.55 Å². The van der Waals surface area contributed by atoms with Gasteiger partial charge in [0.2, 0.25) is 0 Å². The lowest BCUT2D eigenvalue weighted by atomic mass is 10.1. The number of aromatic amines is 1. The number of carbonyl (C=O) groups excluding carboxylic acids is 1. The number of aromatic nitrogens is 2. The van der Waals surface area contributed by atoms with Crippen LogP contribution in [-0.4, -0.2) is 70.3 Å². The summed E-state index contributed by atoms with van der Waals surface area (Å²) in [6.45, 7) is -1.91. The maximum Gasteiger partial charge on any atom is 0.490 e. The summed E-state index contributed by atoms with van der Waals surface area (Å²) in [6, 6.07) is 0. The number of hydrogen-bond donors (Lipinski definition) is 7. The zero-order valence-electron chi connectivity index (χ0n) is 15.9. The Hall–Kier alpha value is -1.01. The molecule has 7 N–H and O–H groups in total. The smallest absolute Gasteiger partial charge is 0.385 e. The maximum absolute atomic E-state index is 15.1. The first-order valence-corrected chi connectivity index (χ1v) is 12.5. The molecule has 0 amide bonds. The molecule has 2 rings (SSSR count). The van der Waals surface area contributed by atoms with Crippen LogP contribution in [0.5, 0.6) is 0 Å². The van der Waals surface area contributed by atoms with Crippen LogP contribution in [0.15, 0.2) is 11.0 Å². The van der Waals surface area contributed by atoms with E-state index in [1.54, 1.807) is 0 Å². The number of aliphatic hydroxyl groups excluding tert-OH is 2. The van der Waals surface area contributed by atoms with Crippen molar-refractivity contribution < 1.29 is 71.9 Å². The Morgan fingerprint density at radius 1 is 1.28 bits per heavy atom. The summed E-state index contributed by atoms with van der Waals surface area (Å²) in [7, 11) is -17.5. The van der Waals surface area contributed by atoms with Crippen molar-refractivity contribution in [2.24, 2.45) is 0 Å². The molecule has 2 heterocycles. The van der Waals surface area contributed by atoms with Gasteiger partial charge in [0.1, 0.15) is 23.5 Å². The van der Waals surface area contributed by atoms with Crippen LogP contribution in [0.3, 0.4) is 0 Å². The van der Waals surface area contributed by atoms with Crippen molar-refractivity contribution in [1.29, 1.82) is 0 Å². The van der Waals surface area contributed by atoms with Gasteiger partial charge in [-0.25, -0.2) is 22.9 Å². The largest absolute Gasteiger partial charge is 0.490 e. The predicted molar refractivity (Wildman–Crippen MR) is 97.1 cm³/mol. The molecule has 2 unspecified atom stereocenters. The fourth-order valence-electron chi connectivity index (χ4n) is 2.18. The third kappa shape index (κ3) is 6.53. The molecule has 1 aliphatic heterocycles. The van der Waals surface area contributed by atoms with Gasteiger partial charge in [0, 0.05) is 6.20 Å². The Labute approximate surface area is 181 Å².